The summed E-state index contributed by atoms with van der Waals surface area (Å²) in [6.07, 6.45) is 0.720. The van der Waals surface area contributed by atoms with Gasteiger partial charge in [0.2, 0.25) is 15.9 Å². The smallest absolute Gasteiger partial charge is 0.238 e. The van der Waals surface area contributed by atoms with Crippen molar-refractivity contribution < 1.29 is 17.9 Å². The maximum atomic E-state index is 12.1. The Morgan fingerprint density at radius 3 is 2.41 bits per heavy atom. The van der Waals surface area contributed by atoms with E-state index in [0.717, 1.165) is 5.56 Å². The molecule has 27 heavy (non-hydrogen) atoms. The molecule has 0 heterocycles. The molecule has 0 unspecified atom stereocenters. The number of aryl methyl sites for hydroxylation is 1. The highest BCUT2D eigenvalue weighted by atomic mass is 35.5. The molecular formula is C19H23ClN2O4S. The number of carbonyl (C=O) groups excluding carboxylic acids is 1. The lowest BCUT2D eigenvalue weighted by molar-refractivity contribution is -0.116. The minimum atomic E-state index is -3.71. The first-order chi connectivity index (χ1) is 12.6. The monoisotopic (exact) mass is 410 g/mol. The standard InChI is InChI=1S/C19H23ClN2O4S/c1-13(2)12-26-18-9-6-15(11-17(18)20)22-19(23)10-5-14-3-7-16(8-4-14)27(21,24)25/h3-4,6-9,11,13H,5,10,12H2,1-2H3,(H,22,23)(H2,21,24,25). The summed E-state index contributed by atoms with van der Waals surface area (Å²) in [5, 5.41) is 8.28. The van der Waals surface area contributed by atoms with Gasteiger partial charge in [-0.2, -0.15) is 0 Å². The van der Waals surface area contributed by atoms with Crippen molar-refractivity contribution in [2.75, 3.05) is 11.9 Å². The van der Waals surface area contributed by atoms with Crippen LogP contribution in [0.5, 0.6) is 5.75 Å². The second-order valence-corrected chi connectivity index (χ2v) is 8.56. The van der Waals surface area contributed by atoms with Gasteiger partial charge in [-0.05, 0) is 48.2 Å². The van der Waals surface area contributed by atoms with Crippen LogP contribution in [-0.2, 0) is 21.2 Å². The Labute approximate surface area is 164 Å². The van der Waals surface area contributed by atoms with Gasteiger partial charge in [-0.1, -0.05) is 37.6 Å². The molecule has 0 radical (unpaired) electrons. The average molecular weight is 411 g/mol. The maximum absolute atomic E-state index is 12.1. The van der Waals surface area contributed by atoms with E-state index in [2.05, 4.69) is 5.32 Å². The molecule has 0 atom stereocenters. The third-order valence-corrected chi connectivity index (χ3v) is 4.91. The van der Waals surface area contributed by atoms with Crippen LogP contribution >= 0.6 is 11.6 Å². The minimum absolute atomic E-state index is 0.0464. The zero-order valence-corrected chi connectivity index (χ0v) is 16.8. The van der Waals surface area contributed by atoms with E-state index in [1.165, 1.54) is 12.1 Å². The van der Waals surface area contributed by atoms with E-state index < -0.39 is 10.0 Å². The van der Waals surface area contributed by atoms with Gasteiger partial charge in [0.1, 0.15) is 5.75 Å². The topological polar surface area (TPSA) is 98.5 Å². The predicted octanol–water partition coefficient (Wildman–Crippen LogP) is 3.59. The lowest BCUT2D eigenvalue weighted by Gasteiger charge is -2.12. The summed E-state index contributed by atoms with van der Waals surface area (Å²) in [7, 11) is -3.71. The van der Waals surface area contributed by atoms with Crippen LogP contribution in [0.2, 0.25) is 5.02 Å². The molecule has 6 nitrogen and oxygen atoms in total. The number of hydrogen-bond donors (Lipinski definition) is 2. The number of sulfonamides is 1. The van der Waals surface area contributed by atoms with Crippen molar-refractivity contribution >= 4 is 33.2 Å². The molecule has 2 aromatic carbocycles. The molecule has 0 saturated carbocycles. The summed E-state index contributed by atoms with van der Waals surface area (Å²) in [6, 6.07) is 11.3. The largest absolute Gasteiger partial charge is 0.492 e. The molecule has 146 valence electrons. The third kappa shape index (κ3) is 6.86. The molecule has 0 spiro atoms. The van der Waals surface area contributed by atoms with Crippen LogP contribution in [0.25, 0.3) is 0 Å². The van der Waals surface area contributed by atoms with Gasteiger partial charge >= 0.3 is 0 Å². The van der Waals surface area contributed by atoms with Crippen molar-refractivity contribution in [3.63, 3.8) is 0 Å². The summed E-state index contributed by atoms with van der Waals surface area (Å²) in [4.78, 5) is 12.2. The number of hydrogen-bond acceptors (Lipinski definition) is 4. The van der Waals surface area contributed by atoms with Crippen molar-refractivity contribution in [3.8, 4) is 5.75 Å². The zero-order chi connectivity index (χ0) is 20.0. The van der Waals surface area contributed by atoms with E-state index in [4.69, 9.17) is 21.5 Å². The normalized spacial score (nSPS) is 11.4. The first-order valence-electron chi connectivity index (χ1n) is 8.49. The van der Waals surface area contributed by atoms with Gasteiger partial charge in [-0.25, -0.2) is 13.6 Å². The zero-order valence-electron chi connectivity index (χ0n) is 15.2. The fourth-order valence-electron chi connectivity index (χ4n) is 2.28. The minimum Gasteiger partial charge on any atom is -0.492 e. The highest BCUT2D eigenvalue weighted by Gasteiger charge is 2.09. The summed E-state index contributed by atoms with van der Waals surface area (Å²) in [5.41, 5.74) is 1.43. The van der Waals surface area contributed by atoms with Gasteiger partial charge < -0.3 is 10.1 Å². The first kappa shape index (κ1) is 21.2. The molecule has 2 aromatic rings. The van der Waals surface area contributed by atoms with Crippen molar-refractivity contribution in [1.82, 2.24) is 0 Å². The van der Waals surface area contributed by atoms with Gasteiger partial charge in [0.15, 0.2) is 0 Å². The Morgan fingerprint density at radius 2 is 1.85 bits per heavy atom. The molecule has 2 rings (SSSR count). The number of rotatable bonds is 8. The van der Waals surface area contributed by atoms with Crippen LogP contribution in [0.1, 0.15) is 25.8 Å². The van der Waals surface area contributed by atoms with Crippen LogP contribution in [0.3, 0.4) is 0 Å². The Hall–Kier alpha value is -2.09. The fourth-order valence-corrected chi connectivity index (χ4v) is 3.03. The quantitative estimate of drug-likeness (QED) is 0.694. The van der Waals surface area contributed by atoms with Crippen molar-refractivity contribution in [3.05, 3.63) is 53.1 Å². The second kappa shape index (κ2) is 9.21. The van der Waals surface area contributed by atoms with Crippen molar-refractivity contribution in [2.45, 2.75) is 31.6 Å². The number of halogens is 1. The van der Waals surface area contributed by atoms with E-state index in [1.807, 2.05) is 13.8 Å². The number of anilines is 1. The molecule has 3 N–H and O–H groups in total. The summed E-state index contributed by atoms with van der Waals surface area (Å²) >= 11 is 6.19. The van der Waals surface area contributed by atoms with E-state index in [0.29, 0.717) is 35.4 Å². The van der Waals surface area contributed by atoms with E-state index in [1.54, 1.807) is 30.3 Å². The molecule has 0 saturated heterocycles. The number of primary sulfonamides is 1. The number of nitrogens with one attached hydrogen (secondary N) is 1. The first-order valence-corrected chi connectivity index (χ1v) is 10.4. The Bertz CT molecular complexity index is 896. The van der Waals surface area contributed by atoms with Crippen LogP contribution in [0, 0.1) is 5.92 Å². The number of amides is 1. The van der Waals surface area contributed by atoms with E-state index in [-0.39, 0.29) is 17.2 Å². The van der Waals surface area contributed by atoms with Crippen LogP contribution in [-0.4, -0.2) is 20.9 Å². The molecule has 1 amide bonds. The number of ether oxygens (including phenoxy) is 1. The van der Waals surface area contributed by atoms with Gasteiger partial charge in [-0.3, -0.25) is 4.79 Å². The Morgan fingerprint density at radius 1 is 1.19 bits per heavy atom. The summed E-state index contributed by atoms with van der Waals surface area (Å²) in [5.74, 6) is 0.801. The van der Waals surface area contributed by atoms with Crippen molar-refractivity contribution in [2.24, 2.45) is 11.1 Å². The van der Waals surface area contributed by atoms with Crippen molar-refractivity contribution in [1.29, 1.82) is 0 Å². The van der Waals surface area contributed by atoms with E-state index in [9.17, 15) is 13.2 Å². The summed E-state index contributed by atoms with van der Waals surface area (Å²) < 4.78 is 28.1. The lowest BCUT2D eigenvalue weighted by atomic mass is 10.1. The van der Waals surface area contributed by atoms with Crippen LogP contribution < -0.4 is 15.2 Å². The second-order valence-electron chi connectivity index (χ2n) is 6.59. The SMILES string of the molecule is CC(C)COc1ccc(NC(=O)CCc2ccc(S(N)(=O)=O)cc2)cc1Cl. The highest BCUT2D eigenvalue weighted by molar-refractivity contribution is 7.89. The van der Waals surface area contributed by atoms with Gasteiger partial charge in [0.05, 0.1) is 16.5 Å². The number of carbonyl (C=O) groups is 1. The lowest BCUT2D eigenvalue weighted by Crippen LogP contribution is -2.13. The average Bonchev–Trinajstić information content (AvgIpc) is 2.58. The molecule has 0 aliphatic heterocycles. The van der Waals surface area contributed by atoms with E-state index >= 15 is 0 Å². The van der Waals surface area contributed by atoms with Gasteiger partial charge in [-0.15, -0.1) is 0 Å². The molecule has 0 aromatic heterocycles. The Balaban J connectivity index is 1.89. The van der Waals surface area contributed by atoms with Gasteiger partial charge in [0, 0.05) is 12.1 Å². The predicted molar refractivity (Wildman–Crippen MR) is 107 cm³/mol. The third-order valence-electron chi connectivity index (χ3n) is 3.68. The van der Waals surface area contributed by atoms with Crippen LogP contribution in [0.15, 0.2) is 47.4 Å². The Kier molecular flexibility index (Phi) is 7.24. The fraction of sp³-hybridized carbons (Fsp3) is 0.316. The van der Waals surface area contributed by atoms with Gasteiger partial charge in [0.25, 0.3) is 0 Å². The number of benzene rings is 2. The maximum Gasteiger partial charge on any atom is 0.238 e. The highest BCUT2D eigenvalue weighted by Crippen LogP contribution is 2.28. The molecule has 0 bridgehead atoms. The number of nitrogens with two attached hydrogens (primary N) is 1. The molecule has 8 heteroatoms. The summed E-state index contributed by atoms with van der Waals surface area (Å²) in [6.45, 7) is 4.66. The molecule has 0 aliphatic rings. The molecular weight excluding hydrogens is 388 g/mol. The molecule has 0 fully saturated rings. The molecule has 0 aliphatic carbocycles. The van der Waals surface area contributed by atoms with Crippen LogP contribution in [0.4, 0.5) is 5.69 Å².